The molecule has 0 amide bonds. The molecule has 0 atom stereocenters. The first-order valence-electron chi connectivity index (χ1n) is 8.97. The van der Waals surface area contributed by atoms with Crippen molar-refractivity contribution in [3.8, 4) is 11.4 Å². The molecule has 2 N–H and O–H groups in total. The van der Waals surface area contributed by atoms with Gasteiger partial charge in [-0.2, -0.15) is 0 Å². The van der Waals surface area contributed by atoms with Crippen LogP contribution in [0.2, 0.25) is 0 Å². The normalized spacial score (nSPS) is 15.0. The van der Waals surface area contributed by atoms with Crippen LogP contribution in [0, 0.1) is 0 Å². The molecule has 4 aromatic rings. The van der Waals surface area contributed by atoms with Crippen LogP contribution in [0.5, 0.6) is 0 Å². The highest BCUT2D eigenvalue weighted by Crippen LogP contribution is 2.36. The molecule has 0 spiro atoms. The Hall–Kier alpha value is -2.51. The summed E-state index contributed by atoms with van der Waals surface area (Å²) in [6, 6.07) is 7.67. The third-order valence-electron chi connectivity index (χ3n) is 4.97. The molecule has 1 aromatic carbocycles. The Bertz CT molecular complexity index is 1090. The molecule has 0 radical (unpaired) electrons. The van der Waals surface area contributed by atoms with Crippen molar-refractivity contribution in [1.29, 1.82) is 0 Å². The molecule has 4 heterocycles. The summed E-state index contributed by atoms with van der Waals surface area (Å²) in [5, 5.41) is 5.81. The largest absolute Gasteiger partial charge is 0.399 e. The maximum Gasteiger partial charge on any atom is 0.182 e. The van der Waals surface area contributed by atoms with Gasteiger partial charge in [-0.1, -0.05) is 6.92 Å². The SMILES string of the molecule is CCCN1CCc2c(sc3ncn4nc(-c5ccc(N)cc5)nc4c23)C1. The highest BCUT2D eigenvalue weighted by atomic mass is 32.1. The van der Waals surface area contributed by atoms with Crippen LogP contribution in [0.3, 0.4) is 0 Å². The molecule has 132 valence electrons. The third-order valence-corrected chi connectivity index (χ3v) is 6.09. The average Bonchev–Trinajstić information content (AvgIpc) is 3.22. The Kier molecular flexibility index (Phi) is 3.65. The van der Waals surface area contributed by atoms with Crippen molar-refractivity contribution >= 4 is 32.9 Å². The van der Waals surface area contributed by atoms with E-state index in [1.54, 1.807) is 22.2 Å². The van der Waals surface area contributed by atoms with Crippen molar-refractivity contribution < 1.29 is 0 Å². The zero-order valence-corrected chi connectivity index (χ0v) is 15.5. The summed E-state index contributed by atoms with van der Waals surface area (Å²) in [5.41, 5.74) is 9.81. The lowest BCUT2D eigenvalue weighted by Gasteiger charge is -2.26. The molecular weight excluding hydrogens is 344 g/mol. The molecule has 7 heteroatoms. The Morgan fingerprint density at radius 1 is 1.23 bits per heavy atom. The number of hydrogen-bond donors (Lipinski definition) is 1. The number of nitrogens with two attached hydrogens (primary N) is 1. The number of hydrogen-bond acceptors (Lipinski definition) is 6. The molecule has 6 nitrogen and oxygen atoms in total. The molecular formula is C19H20N6S. The summed E-state index contributed by atoms with van der Waals surface area (Å²) >= 11 is 1.80. The molecule has 1 aliphatic rings. The number of anilines is 1. The lowest BCUT2D eigenvalue weighted by molar-refractivity contribution is 0.258. The highest BCUT2D eigenvalue weighted by Gasteiger charge is 2.24. The fourth-order valence-electron chi connectivity index (χ4n) is 3.71. The summed E-state index contributed by atoms with van der Waals surface area (Å²) in [6.45, 7) is 5.52. The van der Waals surface area contributed by atoms with E-state index in [2.05, 4.69) is 21.9 Å². The minimum absolute atomic E-state index is 0.711. The van der Waals surface area contributed by atoms with Gasteiger partial charge in [-0.25, -0.2) is 14.5 Å². The molecule has 1 aliphatic heterocycles. The van der Waals surface area contributed by atoms with Crippen LogP contribution in [-0.2, 0) is 13.0 Å². The first-order valence-corrected chi connectivity index (χ1v) is 9.78. The second kappa shape index (κ2) is 6.03. The monoisotopic (exact) mass is 364 g/mol. The molecule has 3 aromatic heterocycles. The number of nitrogens with zero attached hydrogens (tertiary/aromatic N) is 5. The van der Waals surface area contributed by atoms with Crippen LogP contribution < -0.4 is 5.73 Å². The highest BCUT2D eigenvalue weighted by molar-refractivity contribution is 7.19. The van der Waals surface area contributed by atoms with E-state index in [0.717, 1.165) is 47.8 Å². The van der Waals surface area contributed by atoms with Crippen molar-refractivity contribution in [2.24, 2.45) is 0 Å². The molecule has 0 bridgehead atoms. The predicted octanol–water partition coefficient (Wildman–Crippen LogP) is 3.36. The minimum atomic E-state index is 0.711. The van der Waals surface area contributed by atoms with E-state index in [0.29, 0.717) is 5.82 Å². The molecule has 5 rings (SSSR count). The molecule has 0 aliphatic carbocycles. The van der Waals surface area contributed by atoms with Crippen molar-refractivity contribution in [3.63, 3.8) is 0 Å². The Morgan fingerprint density at radius 2 is 2.08 bits per heavy atom. The van der Waals surface area contributed by atoms with Crippen LogP contribution in [0.15, 0.2) is 30.6 Å². The van der Waals surface area contributed by atoms with E-state index in [1.807, 2.05) is 24.3 Å². The fourth-order valence-corrected chi connectivity index (χ4v) is 4.93. The minimum Gasteiger partial charge on any atom is -0.399 e. The molecule has 0 saturated carbocycles. The van der Waals surface area contributed by atoms with E-state index in [9.17, 15) is 0 Å². The van der Waals surface area contributed by atoms with Gasteiger partial charge in [-0.15, -0.1) is 16.4 Å². The van der Waals surface area contributed by atoms with Gasteiger partial charge in [0.2, 0.25) is 0 Å². The van der Waals surface area contributed by atoms with E-state index in [-0.39, 0.29) is 0 Å². The maximum atomic E-state index is 5.79. The fraction of sp³-hybridized carbons (Fsp3) is 0.316. The van der Waals surface area contributed by atoms with Crippen LogP contribution in [0.4, 0.5) is 5.69 Å². The zero-order chi connectivity index (χ0) is 17.7. The predicted molar refractivity (Wildman–Crippen MR) is 105 cm³/mol. The summed E-state index contributed by atoms with van der Waals surface area (Å²) in [4.78, 5) is 14.5. The van der Waals surface area contributed by atoms with Crippen LogP contribution in [-0.4, -0.2) is 37.6 Å². The van der Waals surface area contributed by atoms with Gasteiger partial charge in [-0.05, 0) is 49.2 Å². The number of rotatable bonds is 3. The average molecular weight is 364 g/mol. The van der Waals surface area contributed by atoms with Gasteiger partial charge in [0.15, 0.2) is 11.5 Å². The van der Waals surface area contributed by atoms with Gasteiger partial charge in [0.05, 0.1) is 5.39 Å². The first-order chi connectivity index (χ1) is 12.7. The van der Waals surface area contributed by atoms with Crippen LogP contribution in [0.25, 0.3) is 27.3 Å². The quantitative estimate of drug-likeness (QED) is 0.564. The summed E-state index contributed by atoms with van der Waals surface area (Å²) < 4.78 is 1.81. The van der Waals surface area contributed by atoms with Crippen molar-refractivity contribution in [3.05, 3.63) is 41.0 Å². The number of thiophene rings is 1. The van der Waals surface area contributed by atoms with E-state index in [1.165, 1.54) is 22.2 Å². The van der Waals surface area contributed by atoms with E-state index < -0.39 is 0 Å². The number of fused-ring (bicyclic) bond motifs is 5. The Morgan fingerprint density at radius 3 is 2.88 bits per heavy atom. The maximum absolute atomic E-state index is 5.79. The molecule has 0 saturated heterocycles. The first kappa shape index (κ1) is 15.7. The summed E-state index contributed by atoms with van der Waals surface area (Å²) in [6.07, 6.45) is 4.02. The summed E-state index contributed by atoms with van der Waals surface area (Å²) in [5.74, 6) is 0.711. The third kappa shape index (κ3) is 2.47. The van der Waals surface area contributed by atoms with Crippen molar-refractivity contribution in [2.75, 3.05) is 18.8 Å². The lowest BCUT2D eigenvalue weighted by atomic mass is 10.1. The Balaban J connectivity index is 1.64. The molecule has 0 fully saturated rings. The van der Waals surface area contributed by atoms with Gasteiger partial charge in [0.1, 0.15) is 11.2 Å². The lowest BCUT2D eigenvalue weighted by Crippen LogP contribution is -2.30. The molecule has 26 heavy (non-hydrogen) atoms. The standard InChI is InChI=1S/C19H20N6S/c1-2-8-24-9-7-14-15(10-24)26-19-16(14)18-22-17(23-25(18)11-21-19)12-3-5-13(20)6-4-12/h3-6,11H,2,7-10,20H2,1H3. The van der Waals surface area contributed by atoms with E-state index in [4.69, 9.17) is 10.7 Å². The Labute approximate surface area is 155 Å². The van der Waals surface area contributed by atoms with Crippen molar-refractivity contribution in [2.45, 2.75) is 26.3 Å². The zero-order valence-electron chi connectivity index (χ0n) is 14.6. The van der Waals surface area contributed by atoms with Gasteiger partial charge in [0, 0.05) is 29.2 Å². The van der Waals surface area contributed by atoms with Crippen molar-refractivity contribution in [1.82, 2.24) is 24.5 Å². The van der Waals surface area contributed by atoms with Gasteiger partial charge < -0.3 is 5.73 Å². The van der Waals surface area contributed by atoms with Gasteiger partial charge in [0.25, 0.3) is 0 Å². The number of benzene rings is 1. The number of nitrogen functional groups attached to an aromatic ring is 1. The van der Waals surface area contributed by atoms with Gasteiger partial charge >= 0.3 is 0 Å². The van der Waals surface area contributed by atoms with Crippen LogP contribution >= 0.6 is 11.3 Å². The number of aromatic nitrogens is 4. The van der Waals surface area contributed by atoms with Crippen LogP contribution in [0.1, 0.15) is 23.8 Å². The topological polar surface area (TPSA) is 72.3 Å². The van der Waals surface area contributed by atoms with E-state index >= 15 is 0 Å². The molecule has 0 unspecified atom stereocenters. The second-order valence-corrected chi connectivity index (χ2v) is 7.86. The van der Waals surface area contributed by atoms with Gasteiger partial charge in [-0.3, -0.25) is 4.90 Å². The smallest absolute Gasteiger partial charge is 0.182 e. The second-order valence-electron chi connectivity index (χ2n) is 6.78. The summed E-state index contributed by atoms with van der Waals surface area (Å²) in [7, 11) is 0.